The standard InChI is InChI=1S/C23H28ClN3O3S/c1-22(2)13-16-4-5-17(12-15(16)8-10-27(22)3)25-21(29)23(9-11-30-14-23)26-20(28)18-6-7-19(24)31-18/h4-7,12H,8-11,13-14H2,1-3H3,(H,25,29)(H,26,28)/t23-/m1/s1. The van der Waals surface area contributed by atoms with Crippen molar-refractivity contribution < 1.29 is 14.3 Å². The topological polar surface area (TPSA) is 70.7 Å². The first-order valence-corrected chi connectivity index (χ1v) is 11.7. The van der Waals surface area contributed by atoms with Gasteiger partial charge in [-0.05, 0) is 69.1 Å². The predicted molar refractivity (Wildman–Crippen MR) is 124 cm³/mol. The summed E-state index contributed by atoms with van der Waals surface area (Å²) >= 11 is 7.14. The highest BCUT2D eigenvalue weighted by Gasteiger charge is 2.44. The van der Waals surface area contributed by atoms with Crippen LogP contribution in [-0.4, -0.2) is 54.6 Å². The number of ether oxygens (including phenoxy) is 1. The summed E-state index contributed by atoms with van der Waals surface area (Å²) in [6, 6.07) is 9.45. The quantitative estimate of drug-likeness (QED) is 0.727. The molecule has 0 unspecified atom stereocenters. The molecule has 166 valence electrons. The second-order valence-corrected chi connectivity index (χ2v) is 10.8. The number of likely N-dealkylation sites (N-methyl/N-ethyl adjacent to an activating group) is 1. The lowest BCUT2D eigenvalue weighted by atomic mass is 9.92. The number of hydrogen-bond donors (Lipinski definition) is 2. The minimum atomic E-state index is -1.09. The Morgan fingerprint density at radius 2 is 2.00 bits per heavy atom. The van der Waals surface area contributed by atoms with Crippen molar-refractivity contribution in [3.8, 4) is 0 Å². The van der Waals surface area contributed by atoms with Gasteiger partial charge in [0.25, 0.3) is 11.8 Å². The fourth-order valence-corrected chi connectivity index (χ4v) is 5.10. The first-order valence-electron chi connectivity index (χ1n) is 10.5. The van der Waals surface area contributed by atoms with E-state index in [0.29, 0.717) is 22.2 Å². The van der Waals surface area contributed by atoms with Gasteiger partial charge in [0, 0.05) is 30.8 Å². The van der Waals surface area contributed by atoms with E-state index >= 15 is 0 Å². The molecule has 0 radical (unpaired) electrons. The summed E-state index contributed by atoms with van der Waals surface area (Å²) in [7, 11) is 2.15. The van der Waals surface area contributed by atoms with Gasteiger partial charge in [-0.2, -0.15) is 0 Å². The Labute approximate surface area is 191 Å². The molecule has 1 fully saturated rings. The van der Waals surface area contributed by atoms with Crippen molar-refractivity contribution in [2.75, 3.05) is 32.1 Å². The first-order chi connectivity index (χ1) is 14.7. The van der Waals surface area contributed by atoms with Crippen LogP contribution in [0, 0.1) is 0 Å². The van der Waals surface area contributed by atoms with Gasteiger partial charge >= 0.3 is 0 Å². The van der Waals surface area contributed by atoms with Crippen molar-refractivity contribution in [2.45, 2.75) is 44.2 Å². The van der Waals surface area contributed by atoms with Crippen LogP contribution in [0.4, 0.5) is 5.69 Å². The zero-order chi connectivity index (χ0) is 22.2. The average Bonchev–Trinajstić information content (AvgIpc) is 3.35. The Morgan fingerprint density at radius 3 is 2.68 bits per heavy atom. The van der Waals surface area contributed by atoms with Crippen molar-refractivity contribution in [1.29, 1.82) is 0 Å². The molecule has 0 bridgehead atoms. The molecular weight excluding hydrogens is 434 g/mol. The van der Waals surface area contributed by atoms with Gasteiger partial charge in [0.2, 0.25) is 0 Å². The smallest absolute Gasteiger partial charge is 0.262 e. The average molecular weight is 462 g/mol. The van der Waals surface area contributed by atoms with Crippen LogP contribution in [0.25, 0.3) is 0 Å². The van der Waals surface area contributed by atoms with E-state index in [1.165, 1.54) is 22.5 Å². The largest absolute Gasteiger partial charge is 0.378 e. The summed E-state index contributed by atoms with van der Waals surface area (Å²) in [6.45, 7) is 6.04. The third kappa shape index (κ3) is 4.65. The van der Waals surface area contributed by atoms with Crippen LogP contribution in [0.5, 0.6) is 0 Å². The molecule has 2 N–H and O–H groups in total. The second kappa shape index (κ2) is 8.54. The molecule has 0 spiro atoms. The highest BCUT2D eigenvalue weighted by Crippen LogP contribution is 2.29. The summed E-state index contributed by atoms with van der Waals surface area (Å²) in [6.07, 6.45) is 2.32. The number of benzene rings is 1. The molecule has 0 saturated carbocycles. The van der Waals surface area contributed by atoms with Crippen LogP contribution in [0.2, 0.25) is 4.34 Å². The van der Waals surface area contributed by atoms with Crippen LogP contribution in [0.3, 0.4) is 0 Å². The van der Waals surface area contributed by atoms with Crippen LogP contribution >= 0.6 is 22.9 Å². The molecular formula is C23H28ClN3O3S. The molecule has 1 aromatic carbocycles. The number of halogens is 1. The fourth-order valence-electron chi connectivity index (χ4n) is 4.17. The number of anilines is 1. The molecule has 2 aliphatic rings. The summed E-state index contributed by atoms with van der Waals surface area (Å²) in [5, 5.41) is 5.92. The predicted octanol–water partition coefficient (Wildman–Crippen LogP) is 3.74. The fraction of sp³-hybridized carbons (Fsp3) is 0.478. The molecule has 2 aliphatic heterocycles. The van der Waals surface area contributed by atoms with Crippen LogP contribution in [0.1, 0.15) is 41.1 Å². The molecule has 31 heavy (non-hydrogen) atoms. The number of rotatable bonds is 4. The van der Waals surface area contributed by atoms with Gasteiger partial charge in [0.05, 0.1) is 15.8 Å². The summed E-state index contributed by atoms with van der Waals surface area (Å²) in [5.41, 5.74) is 2.31. The highest BCUT2D eigenvalue weighted by atomic mass is 35.5. The van der Waals surface area contributed by atoms with E-state index in [0.717, 1.165) is 25.1 Å². The number of hydrogen-bond acceptors (Lipinski definition) is 5. The maximum atomic E-state index is 13.3. The zero-order valence-corrected chi connectivity index (χ0v) is 19.7. The number of nitrogens with one attached hydrogen (secondary N) is 2. The van der Waals surface area contributed by atoms with E-state index in [1.807, 2.05) is 6.07 Å². The molecule has 1 aromatic heterocycles. The Hall–Kier alpha value is -1.93. The molecule has 8 heteroatoms. The third-order valence-corrected chi connectivity index (χ3v) is 7.67. The molecule has 6 nitrogen and oxygen atoms in total. The summed E-state index contributed by atoms with van der Waals surface area (Å²) < 4.78 is 6.03. The number of carbonyl (C=O) groups is 2. The number of amides is 2. The van der Waals surface area contributed by atoms with Crippen LogP contribution < -0.4 is 10.6 Å². The minimum Gasteiger partial charge on any atom is -0.378 e. The minimum absolute atomic E-state index is 0.0935. The van der Waals surface area contributed by atoms with E-state index in [4.69, 9.17) is 16.3 Å². The van der Waals surface area contributed by atoms with E-state index in [-0.39, 0.29) is 24.0 Å². The van der Waals surface area contributed by atoms with Crippen molar-refractivity contribution in [1.82, 2.24) is 10.2 Å². The van der Waals surface area contributed by atoms with E-state index in [2.05, 4.69) is 48.6 Å². The lowest BCUT2D eigenvalue weighted by Crippen LogP contribution is -2.57. The molecule has 2 aromatic rings. The summed E-state index contributed by atoms with van der Waals surface area (Å²) in [4.78, 5) is 28.8. The Bertz CT molecular complexity index is 998. The second-order valence-electron chi connectivity index (χ2n) is 9.04. The molecule has 1 atom stereocenters. The number of fused-ring (bicyclic) bond motifs is 1. The molecule has 1 saturated heterocycles. The highest BCUT2D eigenvalue weighted by molar-refractivity contribution is 7.18. The van der Waals surface area contributed by atoms with Gasteiger partial charge in [-0.25, -0.2) is 0 Å². The molecule has 2 amide bonds. The number of nitrogens with zero attached hydrogens (tertiary/aromatic N) is 1. The van der Waals surface area contributed by atoms with Gasteiger partial charge < -0.3 is 20.3 Å². The normalized spacial score (nSPS) is 23.1. The van der Waals surface area contributed by atoms with Crippen molar-refractivity contribution >= 4 is 40.4 Å². The van der Waals surface area contributed by atoms with Gasteiger partial charge in [-0.1, -0.05) is 17.7 Å². The zero-order valence-electron chi connectivity index (χ0n) is 18.1. The van der Waals surface area contributed by atoms with Crippen LogP contribution in [0.15, 0.2) is 30.3 Å². The Kier molecular flexibility index (Phi) is 6.14. The lowest BCUT2D eigenvalue weighted by Gasteiger charge is -2.33. The van der Waals surface area contributed by atoms with Crippen molar-refractivity contribution in [3.63, 3.8) is 0 Å². The molecule has 0 aliphatic carbocycles. The number of carbonyl (C=O) groups excluding carboxylic acids is 2. The SMILES string of the molecule is CN1CCc2cc(NC(=O)[C@@]3(NC(=O)c4ccc(Cl)s4)CCOC3)ccc2CC1(C)C. The van der Waals surface area contributed by atoms with E-state index in [1.54, 1.807) is 12.1 Å². The van der Waals surface area contributed by atoms with Gasteiger partial charge in [0.1, 0.15) is 5.54 Å². The molecule has 4 rings (SSSR count). The van der Waals surface area contributed by atoms with Gasteiger partial charge in [0.15, 0.2) is 0 Å². The maximum Gasteiger partial charge on any atom is 0.262 e. The van der Waals surface area contributed by atoms with Crippen LogP contribution in [-0.2, 0) is 22.4 Å². The van der Waals surface area contributed by atoms with E-state index in [9.17, 15) is 9.59 Å². The van der Waals surface area contributed by atoms with Gasteiger partial charge in [-0.3, -0.25) is 9.59 Å². The van der Waals surface area contributed by atoms with Crippen molar-refractivity contribution in [2.24, 2.45) is 0 Å². The Morgan fingerprint density at radius 1 is 1.19 bits per heavy atom. The third-order valence-electron chi connectivity index (χ3n) is 6.44. The van der Waals surface area contributed by atoms with E-state index < -0.39 is 5.54 Å². The molecule has 3 heterocycles. The maximum absolute atomic E-state index is 13.3. The Balaban J connectivity index is 1.51. The first kappa shape index (κ1) is 22.3. The summed E-state index contributed by atoms with van der Waals surface area (Å²) in [5.74, 6) is -0.572. The monoisotopic (exact) mass is 461 g/mol. The lowest BCUT2D eigenvalue weighted by molar-refractivity contribution is -0.122. The number of thiophene rings is 1. The van der Waals surface area contributed by atoms with Gasteiger partial charge in [-0.15, -0.1) is 11.3 Å². The van der Waals surface area contributed by atoms with Crippen molar-refractivity contribution in [3.05, 3.63) is 50.7 Å².